The Hall–Kier alpha value is -1.51. The molecule has 0 spiro atoms. The first kappa shape index (κ1) is 9.06. The Balaban J connectivity index is 2.33. The first-order chi connectivity index (χ1) is 6.66. The number of aryl methyl sites for hydroxylation is 1. The van der Waals surface area contributed by atoms with E-state index in [4.69, 9.17) is 5.73 Å². The van der Waals surface area contributed by atoms with Crippen LogP contribution < -0.4 is 11.1 Å². The van der Waals surface area contributed by atoms with Crippen molar-refractivity contribution in [2.45, 2.75) is 12.8 Å². The third-order valence-electron chi connectivity index (χ3n) is 2.54. The van der Waals surface area contributed by atoms with Crippen LogP contribution in [0.4, 0.5) is 4.39 Å². The van der Waals surface area contributed by atoms with Crippen LogP contribution in [0.25, 0.3) is 0 Å². The van der Waals surface area contributed by atoms with Gasteiger partial charge < -0.3 is 11.1 Å². The molecule has 0 radical (unpaired) electrons. The average molecular weight is 192 g/mol. The van der Waals surface area contributed by atoms with Gasteiger partial charge in [0.1, 0.15) is 5.82 Å². The van der Waals surface area contributed by atoms with Crippen molar-refractivity contribution in [3.63, 3.8) is 0 Å². The van der Waals surface area contributed by atoms with Gasteiger partial charge in [0, 0.05) is 12.5 Å². The molecular weight excluding hydrogens is 179 g/mol. The zero-order chi connectivity index (χ0) is 10.1. The first-order valence-electron chi connectivity index (χ1n) is 4.64. The Morgan fingerprint density at radius 3 is 2.86 bits per heavy atom. The van der Waals surface area contributed by atoms with E-state index in [1.807, 2.05) is 19.1 Å². The summed E-state index contributed by atoms with van der Waals surface area (Å²) in [5.74, 6) is 0.795. The minimum absolute atomic E-state index is 0.186. The lowest BCUT2D eigenvalue weighted by molar-refractivity contribution is 0.624. The fourth-order valence-corrected chi connectivity index (χ4v) is 1.82. The summed E-state index contributed by atoms with van der Waals surface area (Å²) >= 11 is 0. The first-order valence-corrected chi connectivity index (χ1v) is 4.64. The molecule has 1 aromatic carbocycles. The molecule has 1 heterocycles. The van der Waals surface area contributed by atoms with E-state index in [0.29, 0.717) is 5.82 Å². The van der Waals surface area contributed by atoms with Crippen LogP contribution in [0.5, 0.6) is 0 Å². The largest absolute Gasteiger partial charge is 0.386 e. The zero-order valence-electron chi connectivity index (χ0n) is 8.05. The zero-order valence-corrected chi connectivity index (χ0v) is 8.05. The van der Waals surface area contributed by atoms with E-state index in [0.717, 1.165) is 17.7 Å². The topological polar surface area (TPSA) is 38.0 Å². The number of rotatable bonds is 1. The van der Waals surface area contributed by atoms with Crippen LogP contribution in [0.3, 0.4) is 0 Å². The number of hydrogen-bond donors (Lipinski definition) is 2. The standard InChI is InChI=1S/C11H13FN2/c1-7-4-9(12)2-3-10(7)8-5-11(13)14-6-8/h2-5,8,14H,6,13H2,1H3. The third-order valence-corrected chi connectivity index (χ3v) is 2.54. The number of halogens is 1. The molecule has 0 fully saturated rings. The highest BCUT2D eigenvalue weighted by molar-refractivity contribution is 5.35. The third kappa shape index (κ3) is 1.58. The molecule has 0 saturated carbocycles. The van der Waals surface area contributed by atoms with Crippen molar-refractivity contribution in [2.24, 2.45) is 5.73 Å². The molecule has 0 aromatic heterocycles. The number of hydrogen-bond acceptors (Lipinski definition) is 2. The lowest BCUT2D eigenvalue weighted by Crippen LogP contribution is -2.16. The van der Waals surface area contributed by atoms with E-state index >= 15 is 0 Å². The van der Waals surface area contributed by atoms with Crippen LogP contribution in [-0.2, 0) is 0 Å². The molecule has 14 heavy (non-hydrogen) atoms. The Kier molecular flexibility index (Phi) is 2.15. The SMILES string of the molecule is Cc1cc(F)ccc1C1C=C(N)NC1. The second-order valence-corrected chi connectivity index (χ2v) is 3.61. The summed E-state index contributed by atoms with van der Waals surface area (Å²) in [4.78, 5) is 0. The van der Waals surface area contributed by atoms with Gasteiger partial charge in [0.15, 0.2) is 0 Å². The van der Waals surface area contributed by atoms with Crippen LogP contribution in [0.1, 0.15) is 17.0 Å². The number of nitrogens with two attached hydrogens (primary N) is 1. The smallest absolute Gasteiger partial charge is 0.123 e. The summed E-state index contributed by atoms with van der Waals surface area (Å²) in [6.07, 6.45) is 1.97. The normalized spacial score (nSPS) is 20.4. The molecule has 74 valence electrons. The van der Waals surface area contributed by atoms with Gasteiger partial charge in [-0.05, 0) is 36.3 Å². The van der Waals surface area contributed by atoms with Crippen LogP contribution in [0, 0.1) is 12.7 Å². The molecule has 1 aromatic rings. The van der Waals surface area contributed by atoms with Crippen molar-refractivity contribution in [1.82, 2.24) is 5.32 Å². The van der Waals surface area contributed by atoms with E-state index in [2.05, 4.69) is 5.32 Å². The van der Waals surface area contributed by atoms with Gasteiger partial charge in [-0.3, -0.25) is 0 Å². The van der Waals surface area contributed by atoms with Gasteiger partial charge in [-0.1, -0.05) is 6.07 Å². The van der Waals surface area contributed by atoms with Gasteiger partial charge in [-0.25, -0.2) is 4.39 Å². The highest BCUT2D eigenvalue weighted by atomic mass is 19.1. The molecule has 3 heteroatoms. The van der Waals surface area contributed by atoms with Gasteiger partial charge in [0.25, 0.3) is 0 Å². The lowest BCUT2D eigenvalue weighted by Gasteiger charge is -2.10. The van der Waals surface area contributed by atoms with E-state index in [1.165, 1.54) is 6.07 Å². The van der Waals surface area contributed by atoms with Crippen molar-refractivity contribution >= 4 is 0 Å². The number of nitrogens with one attached hydrogen (secondary N) is 1. The minimum Gasteiger partial charge on any atom is -0.386 e. The highest BCUT2D eigenvalue weighted by Crippen LogP contribution is 2.24. The van der Waals surface area contributed by atoms with Gasteiger partial charge >= 0.3 is 0 Å². The van der Waals surface area contributed by atoms with Crippen molar-refractivity contribution in [1.29, 1.82) is 0 Å². The summed E-state index contributed by atoms with van der Waals surface area (Å²) in [5, 5.41) is 3.06. The highest BCUT2D eigenvalue weighted by Gasteiger charge is 2.16. The molecule has 0 saturated heterocycles. The van der Waals surface area contributed by atoms with Gasteiger partial charge in [-0.15, -0.1) is 0 Å². The van der Waals surface area contributed by atoms with Crippen molar-refractivity contribution < 1.29 is 4.39 Å². The summed E-state index contributed by atoms with van der Waals surface area (Å²) < 4.78 is 12.9. The molecule has 1 unspecified atom stereocenters. The van der Waals surface area contributed by atoms with E-state index in [9.17, 15) is 4.39 Å². The Bertz CT molecular complexity index is 385. The van der Waals surface area contributed by atoms with Crippen LogP contribution in [0.2, 0.25) is 0 Å². The predicted molar refractivity (Wildman–Crippen MR) is 54.2 cm³/mol. The minimum atomic E-state index is -0.186. The summed E-state index contributed by atoms with van der Waals surface area (Å²) in [5.41, 5.74) is 7.73. The molecule has 0 aliphatic carbocycles. The van der Waals surface area contributed by atoms with Gasteiger partial charge in [0.2, 0.25) is 0 Å². The maximum atomic E-state index is 12.9. The van der Waals surface area contributed by atoms with E-state index in [-0.39, 0.29) is 11.7 Å². The Morgan fingerprint density at radius 1 is 1.50 bits per heavy atom. The van der Waals surface area contributed by atoms with Gasteiger partial charge in [-0.2, -0.15) is 0 Å². The average Bonchev–Trinajstić information content (AvgIpc) is 2.51. The second-order valence-electron chi connectivity index (χ2n) is 3.61. The molecule has 3 N–H and O–H groups in total. The summed E-state index contributed by atoms with van der Waals surface area (Å²) in [6, 6.07) is 4.87. The molecule has 1 atom stereocenters. The fourth-order valence-electron chi connectivity index (χ4n) is 1.82. The molecule has 1 aliphatic heterocycles. The second kappa shape index (κ2) is 3.33. The maximum Gasteiger partial charge on any atom is 0.123 e. The molecule has 2 nitrogen and oxygen atoms in total. The predicted octanol–water partition coefficient (Wildman–Crippen LogP) is 1.62. The van der Waals surface area contributed by atoms with Gasteiger partial charge in [0.05, 0.1) is 5.82 Å². The molecular formula is C11H13FN2. The molecule has 0 bridgehead atoms. The van der Waals surface area contributed by atoms with E-state index in [1.54, 1.807) is 6.07 Å². The molecule has 2 rings (SSSR count). The quantitative estimate of drug-likeness (QED) is 0.709. The van der Waals surface area contributed by atoms with E-state index < -0.39 is 0 Å². The van der Waals surface area contributed by atoms with Crippen LogP contribution in [-0.4, -0.2) is 6.54 Å². The monoisotopic (exact) mass is 192 g/mol. The Labute approximate surface area is 82.6 Å². The van der Waals surface area contributed by atoms with Crippen LogP contribution >= 0.6 is 0 Å². The van der Waals surface area contributed by atoms with Crippen molar-refractivity contribution in [3.05, 3.63) is 47.0 Å². The molecule has 0 amide bonds. The summed E-state index contributed by atoms with van der Waals surface area (Å²) in [7, 11) is 0. The maximum absolute atomic E-state index is 12.9. The lowest BCUT2D eigenvalue weighted by atomic mass is 9.96. The Morgan fingerprint density at radius 2 is 2.29 bits per heavy atom. The summed E-state index contributed by atoms with van der Waals surface area (Å²) in [6.45, 7) is 2.72. The fraction of sp³-hybridized carbons (Fsp3) is 0.273. The van der Waals surface area contributed by atoms with Crippen molar-refractivity contribution in [3.8, 4) is 0 Å². The van der Waals surface area contributed by atoms with Crippen molar-refractivity contribution in [2.75, 3.05) is 6.54 Å². The van der Waals surface area contributed by atoms with Crippen LogP contribution in [0.15, 0.2) is 30.1 Å². The number of benzene rings is 1. The molecule has 1 aliphatic rings.